The van der Waals surface area contributed by atoms with Crippen LogP contribution in [0.5, 0.6) is 0 Å². The first-order valence-electron chi connectivity index (χ1n) is 7.99. The standard InChI is InChI=1S/C16H23N3O3/c1-9(2)19-10(3)13(7-17-19)15(20)18-8-11-5-4-6-12(11)14(18)16(21)22/h7,9,11-12,14H,4-6,8H2,1-3H3,(H,21,22)/t11-,12-,14-/m0/s1. The summed E-state index contributed by atoms with van der Waals surface area (Å²) in [5, 5.41) is 13.8. The van der Waals surface area contributed by atoms with E-state index >= 15 is 0 Å². The van der Waals surface area contributed by atoms with Gasteiger partial charge in [0.05, 0.1) is 11.8 Å². The third-order valence-electron chi connectivity index (χ3n) is 5.17. The van der Waals surface area contributed by atoms with Crippen LogP contribution in [-0.4, -0.2) is 44.3 Å². The summed E-state index contributed by atoms with van der Waals surface area (Å²) in [5.74, 6) is -0.616. The zero-order valence-corrected chi connectivity index (χ0v) is 13.3. The molecule has 2 aliphatic rings. The van der Waals surface area contributed by atoms with Crippen molar-refractivity contribution in [2.75, 3.05) is 6.54 Å². The second kappa shape index (κ2) is 5.41. The van der Waals surface area contributed by atoms with Crippen LogP contribution >= 0.6 is 0 Å². The number of hydrogen-bond donors (Lipinski definition) is 1. The second-order valence-corrected chi connectivity index (χ2v) is 6.78. The van der Waals surface area contributed by atoms with Crippen molar-refractivity contribution >= 4 is 11.9 Å². The van der Waals surface area contributed by atoms with Gasteiger partial charge in [-0.1, -0.05) is 6.42 Å². The van der Waals surface area contributed by atoms with E-state index in [1.807, 2.05) is 20.8 Å². The highest BCUT2D eigenvalue weighted by atomic mass is 16.4. The molecule has 0 unspecified atom stereocenters. The van der Waals surface area contributed by atoms with Gasteiger partial charge in [0, 0.05) is 18.3 Å². The fourth-order valence-corrected chi connectivity index (χ4v) is 4.14. The average Bonchev–Trinajstić information content (AvgIpc) is 3.09. The van der Waals surface area contributed by atoms with E-state index in [9.17, 15) is 14.7 Å². The maximum atomic E-state index is 12.9. The van der Waals surface area contributed by atoms with E-state index < -0.39 is 12.0 Å². The van der Waals surface area contributed by atoms with Crippen molar-refractivity contribution in [1.29, 1.82) is 0 Å². The van der Waals surface area contributed by atoms with Gasteiger partial charge >= 0.3 is 5.97 Å². The van der Waals surface area contributed by atoms with Crippen molar-refractivity contribution in [3.63, 3.8) is 0 Å². The molecule has 0 aromatic carbocycles. The second-order valence-electron chi connectivity index (χ2n) is 6.78. The van der Waals surface area contributed by atoms with Crippen LogP contribution in [0.3, 0.4) is 0 Å². The van der Waals surface area contributed by atoms with Gasteiger partial charge in [0.15, 0.2) is 0 Å². The summed E-state index contributed by atoms with van der Waals surface area (Å²) in [6, 6.07) is -0.503. The monoisotopic (exact) mass is 305 g/mol. The number of carbonyl (C=O) groups is 2. The van der Waals surface area contributed by atoms with E-state index in [1.165, 1.54) is 0 Å². The van der Waals surface area contributed by atoms with Crippen molar-refractivity contribution in [1.82, 2.24) is 14.7 Å². The first-order valence-corrected chi connectivity index (χ1v) is 7.99. The minimum Gasteiger partial charge on any atom is -0.480 e. The summed E-state index contributed by atoms with van der Waals surface area (Å²) in [7, 11) is 0. The lowest BCUT2D eigenvalue weighted by molar-refractivity contribution is -0.142. The fraction of sp³-hybridized carbons (Fsp3) is 0.688. The smallest absolute Gasteiger partial charge is 0.326 e. The van der Waals surface area contributed by atoms with Gasteiger partial charge in [-0.15, -0.1) is 0 Å². The molecule has 1 saturated carbocycles. The summed E-state index contributed by atoms with van der Waals surface area (Å²) in [6.45, 7) is 6.45. The van der Waals surface area contributed by atoms with Gasteiger partial charge in [0.25, 0.3) is 5.91 Å². The fourth-order valence-electron chi connectivity index (χ4n) is 4.14. The van der Waals surface area contributed by atoms with Gasteiger partial charge in [-0.2, -0.15) is 5.10 Å². The van der Waals surface area contributed by atoms with Crippen LogP contribution < -0.4 is 0 Å². The van der Waals surface area contributed by atoms with Crippen LogP contribution in [0.2, 0.25) is 0 Å². The number of hydrogen-bond acceptors (Lipinski definition) is 3. The first-order chi connectivity index (χ1) is 10.4. The first kappa shape index (κ1) is 15.1. The highest BCUT2D eigenvalue weighted by Gasteiger charge is 2.49. The highest BCUT2D eigenvalue weighted by Crippen LogP contribution is 2.42. The lowest BCUT2D eigenvalue weighted by Crippen LogP contribution is -2.43. The van der Waals surface area contributed by atoms with Gasteiger partial charge in [0.1, 0.15) is 6.04 Å². The number of carbonyl (C=O) groups excluding carboxylic acids is 1. The number of fused-ring (bicyclic) bond motifs is 1. The molecule has 1 aromatic heterocycles. The Morgan fingerprint density at radius 3 is 2.68 bits per heavy atom. The van der Waals surface area contributed by atoms with Gasteiger partial charge in [0.2, 0.25) is 0 Å². The Labute approximate surface area is 130 Å². The zero-order chi connectivity index (χ0) is 16.0. The van der Waals surface area contributed by atoms with E-state index in [0.29, 0.717) is 18.0 Å². The normalized spacial score (nSPS) is 27.5. The summed E-state index contributed by atoms with van der Waals surface area (Å²) >= 11 is 0. The molecule has 3 rings (SSSR count). The molecule has 22 heavy (non-hydrogen) atoms. The molecule has 1 saturated heterocycles. The number of carboxylic acid groups (broad SMARTS) is 1. The number of amides is 1. The predicted octanol–water partition coefficient (Wildman–Crippen LogP) is 2.10. The van der Waals surface area contributed by atoms with Gasteiger partial charge in [-0.3, -0.25) is 9.48 Å². The highest BCUT2D eigenvalue weighted by molar-refractivity contribution is 5.97. The maximum absolute atomic E-state index is 12.9. The average molecular weight is 305 g/mol. The topological polar surface area (TPSA) is 75.4 Å². The molecule has 2 fully saturated rings. The van der Waals surface area contributed by atoms with Crippen LogP contribution in [0.15, 0.2) is 6.20 Å². The minimum atomic E-state index is -0.878. The molecule has 0 spiro atoms. The molecule has 6 nitrogen and oxygen atoms in total. The third-order valence-corrected chi connectivity index (χ3v) is 5.17. The van der Waals surface area contributed by atoms with Crippen LogP contribution in [0.1, 0.15) is 55.2 Å². The summed E-state index contributed by atoms with van der Waals surface area (Å²) < 4.78 is 1.81. The van der Waals surface area contributed by atoms with Gasteiger partial charge < -0.3 is 10.0 Å². The van der Waals surface area contributed by atoms with E-state index in [4.69, 9.17) is 0 Å². The van der Waals surface area contributed by atoms with Gasteiger partial charge in [-0.05, 0) is 45.4 Å². The van der Waals surface area contributed by atoms with Crippen LogP contribution in [0, 0.1) is 18.8 Å². The molecule has 1 aliphatic heterocycles. The van der Waals surface area contributed by atoms with Gasteiger partial charge in [-0.25, -0.2) is 4.79 Å². The predicted molar refractivity (Wildman–Crippen MR) is 80.6 cm³/mol. The van der Waals surface area contributed by atoms with Crippen molar-refractivity contribution in [3.05, 3.63) is 17.5 Å². The SMILES string of the molecule is Cc1c(C(=O)N2C[C@@H]3CCC[C@@H]3[C@H]2C(=O)O)cnn1C(C)C. The quantitative estimate of drug-likeness (QED) is 0.928. The van der Waals surface area contributed by atoms with Crippen molar-refractivity contribution in [2.24, 2.45) is 11.8 Å². The summed E-state index contributed by atoms with van der Waals surface area (Å²) in [5.41, 5.74) is 1.33. The van der Waals surface area contributed by atoms with E-state index in [0.717, 1.165) is 25.0 Å². The van der Waals surface area contributed by atoms with Crippen LogP contribution in [0.25, 0.3) is 0 Å². The maximum Gasteiger partial charge on any atom is 0.326 e. The molecular weight excluding hydrogens is 282 g/mol. The summed E-state index contributed by atoms with van der Waals surface area (Å²) in [6.07, 6.45) is 4.59. The Hall–Kier alpha value is -1.85. The van der Waals surface area contributed by atoms with Crippen LogP contribution in [0.4, 0.5) is 0 Å². The number of aromatic nitrogens is 2. The molecule has 1 N–H and O–H groups in total. The third kappa shape index (κ3) is 2.21. The van der Waals surface area contributed by atoms with E-state index in [2.05, 4.69) is 5.10 Å². The molecule has 2 heterocycles. The number of aliphatic carboxylic acids is 1. The molecule has 6 heteroatoms. The number of rotatable bonds is 3. The molecule has 0 bridgehead atoms. The molecule has 3 atom stereocenters. The van der Waals surface area contributed by atoms with E-state index in [-0.39, 0.29) is 17.9 Å². The Morgan fingerprint density at radius 2 is 2.09 bits per heavy atom. The minimum absolute atomic E-state index is 0.113. The lowest BCUT2D eigenvalue weighted by atomic mass is 9.94. The molecule has 1 aromatic rings. The largest absolute Gasteiger partial charge is 0.480 e. The van der Waals surface area contributed by atoms with Crippen molar-refractivity contribution in [2.45, 2.75) is 52.1 Å². The Morgan fingerprint density at radius 1 is 1.36 bits per heavy atom. The van der Waals surface area contributed by atoms with Crippen molar-refractivity contribution in [3.8, 4) is 0 Å². The molecule has 1 amide bonds. The van der Waals surface area contributed by atoms with E-state index in [1.54, 1.807) is 15.8 Å². The molecular formula is C16H23N3O3. The number of nitrogens with zero attached hydrogens (tertiary/aromatic N) is 3. The lowest BCUT2D eigenvalue weighted by Gasteiger charge is -2.24. The van der Waals surface area contributed by atoms with Crippen LogP contribution in [-0.2, 0) is 4.79 Å². The Balaban J connectivity index is 1.90. The Kier molecular flexibility index (Phi) is 3.70. The number of carboxylic acids is 1. The Bertz CT molecular complexity index is 608. The zero-order valence-electron chi connectivity index (χ0n) is 13.3. The molecule has 1 aliphatic carbocycles. The molecule has 120 valence electrons. The molecule has 0 radical (unpaired) electrons. The summed E-state index contributed by atoms with van der Waals surface area (Å²) in [4.78, 5) is 26.1. The van der Waals surface area contributed by atoms with Crippen molar-refractivity contribution < 1.29 is 14.7 Å². The number of likely N-dealkylation sites (tertiary alicyclic amines) is 1.